The van der Waals surface area contributed by atoms with Crippen LogP contribution >= 0.6 is 0 Å². The largest absolute Gasteiger partial charge is 0.395 e. The maximum absolute atomic E-state index is 13.4. The van der Waals surface area contributed by atoms with Gasteiger partial charge in [-0.25, -0.2) is 25.3 Å². The van der Waals surface area contributed by atoms with E-state index in [0.29, 0.717) is 53.4 Å². The molecule has 0 aliphatic rings. The number of carbonyl (C=O) groups excluding carboxylic acids is 3. The minimum atomic E-state index is -3.85. The van der Waals surface area contributed by atoms with Crippen molar-refractivity contribution < 1.29 is 49.5 Å². The molecule has 9 aromatic carbocycles. The first-order valence-corrected chi connectivity index (χ1v) is 32.0. The summed E-state index contributed by atoms with van der Waals surface area (Å²) in [5.74, 6) is -0.899. The highest BCUT2D eigenvalue weighted by molar-refractivity contribution is 7.93. The molecule has 0 saturated heterocycles. The van der Waals surface area contributed by atoms with Gasteiger partial charge in [-0.15, -0.1) is 0 Å². The van der Waals surface area contributed by atoms with E-state index in [2.05, 4.69) is 16.0 Å². The number of sulfonamides is 3. The fraction of sp³-hybridized carbons (Fsp3) is 0.149. The van der Waals surface area contributed by atoms with Crippen LogP contribution in [-0.2, 0) is 54.4 Å². The summed E-state index contributed by atoms with van der Waals surface area (Å²) in [5, 5.41) is 17.0. The lowest BCUT2D eigenvalue weighted by molar-refractivity contribution is 0.0932. The lowest BCUT2D eigenvalue weighted by atomic mass is 10.1. The van der Waals surface area contributed by atoms with Gasteiger partial charge >= 0.3 is 0 Å². The monoisotopic (exact) mass is 1230 g/mol. The third kappa shape index (κ3) is 18.3. The van der Waals surface area contributed by atoms with Gasteiger partial charge in [0.2, 0.25) is 0 Å². The molecule has 0 aliphatic carbocycles. The summed E-state index contributed by atoms with van der Waals surface area (Å²) < 4.78 is 89.3. The lowest BCUT2D eigenvalue weighted by Crippen LogP contribution is -2.31. The maximum Gasteiger partial charge on any atom is 0.264 e. The molecule has 9 rings (SSSR count). The number of anilines is 3. The summed E-state index contributed by atoms with van der Waals surface area (Å²) in [6.07, 6.45) is 0. The van der Waals surface area contributed by atoms with Crippen molar-refractivity contribution >= 4 is 64.9 Å². The number of benzene rings is 9. The second-order valence-corrected chi connectivity index (χ2v) is 24.8. The van der Waals surface area contributed by atoms with E-state index in [9.17, 15) is 39.6 Å². The van der Waals surface area contributed by atoms with Crippen LogP contribution in [0.25, 0.3) is 0 Å². The Labute approximate surface area is 509 Å². The van der Waals surface area contributed by atoms with Crippen LogP contribution in [0.1, 0.15) is 54.7 Å². The highest BCUT2D eigenvalue weighted by Crippen LogP contribution is 2.30. The summed E-state index contributed by atoms with van der Waals surface area (Å²) in [4.78, 5) is 37.5. The Hall–Kier alpha value is -9.44. The first-order chi connectivity index (χ1) is 42.1. The van der Waals surface area contributed by atoms with E-state index in [1.165, 1.54) is 19.0 Å². The van der Waals surface area contributed by atoms with Crippen molar-refractivity contribution in [1.82, 2.24) is 16.0 Å². The van der Waals surface area contributed by atoms with Gasteiger partial charge in [-0.1, -0.05) is 164 Å². The molecule has 20 heteroatoms. The first kappa shape index (κ1) is 65.1. The topological polar surface area (TPSA) is 229 Å². The zero-order chi connectivity index (χ0) is 62.1. The van der Waals surface area contributed by atoms with Gasteiger partial charge in [0.05, 0.1) is 64.6 Å². The van der Waals surface area contributed by atoms with E-state index in [1.54, 1.807) is 165 Å². The van der Waals surface area contributed by atoms with Gasteiger partial charge in [0.15, 0.2) is 0 Å². The number of rotatable bonds is 24. The number of carbonyl (C=O) groups is 3. The summed E-state index contributed by atoms with van der Waals surface area (Å²) in [6, 6.07) is 72.5. The van der Waals surface area contributed by atoms with Crippen molar-refractivity contribution in [3.63, 3.8) is 0 Å². The zero-order valence-electron chi connectivity index (χ0n) is 48.0. The molecule has 0 saturated carbocycles. The molecule has 0 heterocycles. The highest BCUT2D eigenvalue weighted by atomic mass is 32.2. The molecule has 450 valence electrons. The van der Waals surface area contributed by atoms with Gasteiger partial charge in [0.1, 0.15) is 0 Å². The Kier molecular flexibility index (Phi) is 24.1. The van der Waals surface area contributed by atoms with Crippen molar-refractivity contribution in [2.45, 2.75) is 41.2 Å². The van der Waals surface area contributed by atoms with Crippen LogP contribution in [0.3, 0.4) is 0 Å². The predicted octanol–water partition coefficient (Wildman–Crippen LogP) is 10.1. The molecule has 0 fully saturated rings. The van der Waals surface area contributed by atoms with Crippen molar-refractivity contribution in [3.05, 3.63) is 288 Å². The summed E-state index contributed by atoms with van der Waals surface area (Å²) >= 11 is 0. The van der Waals surface area contributed by atoms with Crippen LogP contribution in [0, 0.1) is 0 Å². The summed E-state index contributed by atoms with van der Waals surface area (Å²) in [7, 11) is -9.93. The molecule has 0 aliphatic heterocycles. The number of nitrogens with one attached hydrogen (secondary N) is 3. The van der Waals surface area contributed by atoms with Gasteiger partial charge in [-0.05, 0) is 115 Å². The number of hydrogen-bond donors (Lipinski definition) is 4. The third-order valence-electron chi connectivity index (χ3n) is 13.0. The molecule has 0 aromatic heterocycles. The minimum Gasteiger partial charge on any atom is -0.395 e. The Morgan fingerprint density at radius 3 is 0.931 bits per heavy atom. The van der Waals surface area contributed by atoms with Crippen LogP contribution in [-0.4, -0.2) is 88.0 Å². The van der Waals surface area contributed by atoms with Crippen molar-refractivity contribution in [1.29, 1.82) is 0 Å². The number of ether oxygens (including phenoxy) is 1. The lowest BCUT2D eigenvalue weighted by Gasteiger charge is -2.25. The molecule has 4 N–H and O–H groups in total. The van der Waals surface area contributed by atoms with Crippen LogP contribution in [0.5, 0.6) is 0 Å². The predicted molar refractivity (Wildman–Crippen MR) is 340 cm³/mol. The zero-order valence-corrected chi connectivity index (χ0v) is 50.5. The Balaban J connectivity index is 0.000000187. The van der Waals surface area contributed by atoms with Crippen molar-refractivity contribution in [3.8, 4) is 0 Å². The number of aliphatic hydroxyl groups is 1. The Bertz CT molecular complexity index is 3990. The molecule has 0 bridgehead atoms. The van der Waals surface area contributed by atoms with Gasteiger partial charge in [0.25, 0.3) is 47.8 Å². The van der Waals surface area contributed by atoms with Gasteiger partial charge in [-0.2, -0.15) is 0 Å². The molecular formula is C67H68N6O11S3. The van der Waals surface area contributed by atoms with Gasteiger partial charge < -0.3 is 25.8 Å². The van der Waals surface area contributed by atoms with Crippen LogP contribution in [0.15, 0.2) is 269 Å². The van der Waals surface area contributed by atoms with E-state index in [4.69, 9.17) is 9.84 Å². The number of methoxy groups -OCH3 is 1. The molecule has 0 spiro atoms. The normalized spacial score (nSPS) is 11.1. The van der Waals surface area contributed by atoms with E-state index in [1.807, 2.05) is 97.9 Å². The fourth-order valence-electron chi connectivity index (χ4n) is 8.66. The van der Waals surface area contributed by atoms with Crippen LogP contribution < -0.4 is 28.9 Å². The molecule has 0 atom stereocenters. The Morgan fingerprint density at radius 1 is 0.379 bits per heavy atom. The quantitative estimate of drug-likeness (QED) is 0.0416. The average Bonchev–Trinajstić information content (AvgIpc) is 2.14. The number of nitrogens with zero attached hydrogens (tertiary/aromatic N) is 3. The molecule has 87 heavy (non-hydrogen) atoms. The fourth-order valence-corrected chi connectivity index (χ4v) is 13.1. The summed E-state index contributed by atoms with van der Waals surface area (Å²) in [6.45, 7) is 3.49. The SMILES string of the molecule is CCNC(=O)c1cccc(N(Cc2ccccc2)S(=O)(=O)c2ccccc2)c1.COCCNC(=O)c1cccc(N(Cc2ccccc2)S(=O)(=O)c2ccccc2)c1.O=C(NCCO)c1cccc(N(Cc2ccccc2)S(=O)(=O)c2ccccc2)c1. The maximum atomic E-state index is 13.4. The average molecular weight is 1230 g/mol. The smallest absolute Gasteiger partial charge is 0.264 e. The first-order valence-electron chi connectivity index (χ1n) is 27.7. The van der Waals surface area contributed by atoms with Gasteiger partial charge in [-0.3, -0.25) is 27.3 Å². The second-order valence-electron chi connectivity index (χ2n) is 19.2. The summed E-state index contributed by atoms with van der Waals surface area (Å²) in [5.41, 5.74) is 4.87. The standard InChI is InChI=1S/C23H24N2O4S.C22H22N2O4S.C22H22N2O3S/c1-29-16-15-24-23(26)20-11-8-12-21(17-20)25(18-19-9-4-2-5-10-19)30(27,28)22-13-6-3-7-14-22;25-15-14-23-22(26)19-10-7-11-20(16-19)24(17-18-8-3-1-4-9-18)29(27,28)21-12-5-2-6-13-21;1-2-23-22(25)19-12-9-13-20(16-19)24(17-18-10-5-3-6-11-18)28(26,27)21-14-7-4-8-15-21/h2-14,17H,15-16,18H2,1H3,(H,24,26);1-13,16,25H,14-15,17H2,(H,23,26);3-16H,2,17H2,1H3,(H,23,25). The van der Waals surface area contributed by atoms with Crippen molar-refractivity contribution in [2.75, 3.05) is 52.9 Å². The van der Waals surface area contributed by atoms with Crippen molar-refractivity contribution in [2.24, 2.45) is 0 Å². The van der Waals surface area contributed by atoms with Gasteiger partial charge in [0, 0.05) is 43.4 Å². The molecular weight excluding hydrogens is 1160 g/mol. The van der Waals surface area contributed by atoms with E-state index in [-0.39, 0.29) is 65.2 Å². The molecule has 17 nitrogen and oxygen atoms in total. The number of aliphatic hydroxyl groups excluding tert-OH is 1. The Morgan fingerprint density at radius 2 is 0.655 bits per heavy atom. The molecule has 0 unspecified atom stereocenters. The van der Waals surface area contributed by atoms with E-state index < -0.39 is 30.1 Å². The number of amides is 3. The molecule has 9 aromatic rings. The van der Waals surface area contributed by atoms with E-state index in [0.717, 1.165) is 16.7 Å². The van der Waals surface area contributed by atoms with Crippen LogP contribution in [0.4, 0.5) is 17.1 Å². The second kappa shape index (κ2) is 32.2. The molecule has 3 amide bonds. The van der Waals surface area contributed by atoms with Crippen LogP contribution in [0.2, 0.25) is 0 Å². The third-order valence-corrected chi connectivity index (χ3v) is 18.4. The number of hydrogen-bond acceptors (Lipinski definition) is 11. The highest BCUT2D eigenvalue weighted by Gasteiger charge is 2.29. The molecule has 0 radical (unpaired) electrons. The van der Waals surface area contributed by atoms with E-state index >= 15 is 0 Å². The minimum absolute atomic E-state index is 0.124.